The zero-order valence-electron chi connectivity index (χ0n) is 20.2. The molecule has 3 amide bonds. The van der Waals surface area contributed by atoms with E-state index in [-0.39, 0.29) is 29.2 Å². The molecule has 0 unspecified atom stereocenters. The van der Waals surface area contributed by atoms with Crippen LogP contribution in [0.25, 0.3) is 0 Å². The number of imide groups is 1. The van der Waals surface area contributed by atoms with Crippen LogP contribution in [0.1, 0.15) is 35.6 Å². The molecule has 8 nitrogen and oxygen atoms in total. The van der Waals surface area contributed by atoms with E-state index in [0.717, 1.165) is 48.2 Å². The molecule has 0 bridgehead atoms. The minimum atomic E-state index is -0.724. The molecule has 2 saturated heterocycles. The van der Waals surface area contributed by atoms with Gasteiger partial charge in [-0.3, -0.25) is 19.2 Å². The predicted octanol–water partition coefficient (Wildman–Crippen LogP) is 4.39. The number of nitrogens with one attached hydrogen (secondary N) is 1. The van der Waals surface area contributed by atoms with E-state index in [9.17, 15) is 19.2 Å². The van der Waals surface area contributed by atoms with E-state index in [1.807, 2.05) is 23.1 Å². The van der Waals surface area contributed by atoms with Gasteiger partial charge in [0.2, 0.25) is 11.8 Å². The molecule has 2 fully saturated rings. The van der Waals surface area contributed by atoms with E-state index in [1.54, 1.807) is 30.3 Å². The van der Waals surface area contributed by atoms with E-state index in [0.29, 0.717) is 26.9 Å². The van der Waals surface area contributed by atoms with Crippen molar-refractivity contribution in [1.29, 1.82) is 0 Å². The molecule has 11 heteroatoms. The first-order valence-electron chi connectivity index (χ1n) is 12.4. The van der Waals surface area contributed by atoms with Crippen LogP contribution in [0.4, 0.5) is 5.69 Å². The molecule has 0 aliphatic carbocycles. The fraction of sp³-hybridized carbons (Fsp3) is 0.333. The van der Waals surface area contributed by atoms with Crippen molar-refractivity contribution in [3.05, 3.63) is 73.1 Å². The number of ether oxygens (including phenoxy) is 1. The third-order valence-electron chi connectivity index (χ3n) is 7.22. The number of hydrogen-bond acceptors (Lipinski definition) is 7. The summed E-state index contributed by atoms with van der Waals surface area (Å²) in [6.45, 7) is 1.36. The highest BCUT2D eigenvalue weighted by Crippen LogP contribution is 2.54. The molecule has 3 atom stereocenters. The normalized spacial score (nSPS) is 22.8. The molecule has 4 heterocycles. The maximum absolute atomic E-state index is 13.9. The van der Waals surface area contributed by atoms with Gasteiger partial charge in [0.15, 0.2) is 6.61 Å². The lowest BCUT2D eigenvalue weighted by atomic mass is 9.82. The van der Waals surface area contributed by atoms with Crippen molar-refractivity contribution in [2.24, 2.45) is 5.92 Å². The van der Waals surface area contributed by atoms with Gasteiger partial charge in [-0.25, -0.2) is 4.90 Å². The number of para-hydroxylation sites is 1. The fourth-order valence-corrected chi connectivity index (χ4v) is 8.21. The van der Waals surface area contributed by atoms with Crippen molar-refractivity contribution >= 4 is 62.4 Å². The van der Waals surface area contributed by atoms with Crippen molar-refractivity contribution in [1.82, 2.24) is 9.88 Å². The van der Waals surface area contributed by atoms with Crippen LogP contribution in [-0.2, 0) is 14.4 Å². The van der Waals surface area contributed by atoms with Crippen LogP contribution in [-0.4, -0.2) is 52.6 Å². The van der Waals surface area contributed by atoms with E-state index in [2.05, 4.69) is 20.9 Å². The summed E-state index contributed by atoms with van der Waals surface area (Å²) < 4.78 is 6.91. The third-order valence-corrected chi connectivity index (χ3v) is 10.2. The minimum absolute atomic E-state index is 0.0721. The van der Waals surface area contributed by atoms with Crippen molar-refractivity contribution < 1.29 is 19.1 Å². The number of aromatic nitrogens is 1. The Morgan fingerprint density at radius 2 is 1.74 bits per heavy atom. The van der Waals surface area contributed by atoms with E-state index < -0.39 is 17.1 Å². The summed E-state index contributed by atoms with van der Waals surface area (Å²) in [4.78, 5) is 59.1. The fourth-order valence-electron chi connectivity index (χ4n) is 5.44. The van der Waals surface area contributed by atoms with Crippen LogP contribution < -0.4 is 14.5 Å². The summed E-state index contributed by atoms with van der Waals surface area (Å²) in [5.41, 5.74) is 1.19. The highest BCUT2D eigenvalue weighted by molar-refractivity contribution is 9.10. The molecule has 3 aromatic rings. The monoisotopic (exact) mass is 613 g/mol. The zero-order chi connectivity index (χ0) is 26.4. The minimum Gasteiger partial charge on any atom is -0.483 e. The van der Waals surface area contributed by atoms with Gasteiger partial charge in [-0.15, -0.1) is 0 Å². The number of aromatic amines is 1. The standard InChI is InChI=1S/C27H24BrN3O5S2/c28-15-8-10-16(11-9-15)31-25(33)21-20(22-24(29-27(35)38-22)37-23(21)26(31)34)17-6-2-3-7-18(17)36-14-19(32)30-12-4-1-5-13-30/h2-3,6-11,20-21,23H,1,4-5,12-14H2,(H,29,35)/t20-,21-,23+/m0/s1. The van der Waals surface area contributed by atoms with Crippen LogP contribution in [0, 0.1) is 5.92 Å². The molecular weight excluding hydrogens is 590 g/mol. The number of nitrogens with zero attached hydrogens (tertiary/aromatic N) is 2. The third kappa shape index (κ3) is 4.50. The van der Waals surface area contributed by atoms with Gasteiger partial charge in [0, 0.05) is 33.9 Å². The summed E-state index contributed by atoms with van der Waals surface area (Å²) in [6, 6.07) is 14.3. The number of hydrogen-bond donors (Lipinski definition) is 1. The van der Waals surface area contributed by atoms with Crippen LogP contribution >= 0.6 is 39.0 Å². The summed E-state index contributed by atoms with van der Waals surface area (Å²) in [7, 11) is 0. The number of benzene rings is 2. The molecule has 1 N–H and O–H groups in total. The van der Waals surface area contributed by atoms with E-state index >= 15 is 0 Å². The van der Waals surface area contributed by atoms with Crippen LogP contribution in [0.5, 0.6) is 5.75 Å². The quantitative estimate of drug-likeness (QED) is 0.429. The number of rotatable bonds is 5. The second-order valence-corrected chi connectivity index (χ2v) is 12.6. The smallest absolute Gasteiger partial charge is 0.305 e. The Kier molecular flexibility index (Phi) is 6.92. The number of carbonyl (C=O) groups is 3. The number of thioether (sulfide) groups is 1. The molecule has 196 valence electrons. The lowest BCUT2D eigenvalue weighted by molar-refractivity contribution is -0.134. The lowest BCUT2D eigenvalue weighted by Crippen LogP contribution is -2.38. The number of H-pyrrole nitrogens is 1. The molecule has 38 heavy (non-hydrogen) atoms. The number of halogens is 1. The highest BCUT2D eigenvalue weighted by Gasteiger charge is 2.56. The van der Waals surface area contributed by atoms with Gasteiger partial charge in [-0.05, 0) is 49.6 Å². The number of likely N-dealkylation sites (tertiary alicyclic amines) is 1. The first kappa shape index (κ1) is 25.4. The Labute approximate surface area is 235 Å². The van der Waals surface area contributed by atoms with Crippen molar-refractivity contribution in [3.63, 3.8) is 0 Å². The molecule has 1 aromatic heterocycles. The molecule has 0 spiro atoms. The summed E-state index contributed by atoms with van der Waals surface area (Å²) in [5, 5.41) is -0.0961. The van der Waals surface area contributed by atoms with Crippen molar-refractivity contribution in [2.45, 2.75) is 35.5 Å². The lowest BCUT2D eigenvalue weighted by Gasteiger charge is -2.31. The average Bonchev–Trinajstić information content (AvgIpc) is 3.43. The first-order valence-corrected chi connectivity index (χ1v) is 14.9. The predicted molar refractivity (Wildman–Crippen MR) is 149 cm³/mol. The number of fused-ring (bicyclic) bond motifs is 2. The molecule has 3 aliphatic heterocycles. The van der Waals surface area contributed by atoms with Crippen LogP contribution in [0.15, 0.2) is 62.8 Å². The number of anilines is 1. The Morgan fingerprint density at radius 3 is 2.50 bits per heavy atom. The molecular formula is C27H24BrN3O5S2. The summed E-state index contributed by atoms with van der Waals surface area (Å²) >= 11 is 5.68. The Morgan fingerprint density at radius 1 is 1.00 bits per heavy atom. The van der Waals surface area contributed by atoms with Crippen molar-refractivity contribution in [3.8, 4) is 5.75 Å². The second kappa shape index (κ2) is 10.3. The Hall–Kier alpha value is -2.89. The molecule has 6 rings (SSSR count). The van der Waals surface area contributed by atoms with Gasteiger partial charge in [0.25, 0.3) is 5.91 Å². The van der Waals surface area contributed by atoms with Crippen molar-refractivity contribution in [2.75, 3.05) is 24.6 Å². The van der Waals surface area contributed by atoms with Gasteiger partial charge >= 0.3 is 4.87 Å². The van der Waals surface area contributed by atoms with Gasteiger partial charge in [0.1, 0.15) is 11.0 Å². The van der Waals surface area contributed by atoms with Crippen LogP contribution in [0.3, 0.4) is 0 Å². The number of piperidine rings is 1. The Balaban J connectivity index is 1.36. The van der Waals surface area contributed by atoms with Gasteiger partial charge in [-0.2, -0.15) is 0 Å². The topological polar surface area (TPSA) is 99.8 Å². The summed E-state index contributed by atoms with van der Waals surface area (Å²) in [5.74, 6) is -1.52. The largest absolute Gasteiger partial charge is 0.483 e. The second-order valence-electron chi connectivity index (χ2n) is 9.51. The number of amides is 3. The molecule has 2 aromatic carbocycles. The number of thiazole rings is 1. The highest BCUT2D eigenvalue weighted by atomic mass is 79.9. The number of carbonyl (C=O) groups excluding carboxylic acids is 3. The first-order chi connectivity index (χ1) is 18.4. The zero-order valence-corrected chi connectivity index (χ0v) is 23.4. The van der Waals surface area contributed by atoms with Crippen LogP contribution in [0.2, 0.25) is 0 Å². The van der Waals surface area contributed by atoms with Gasteiger partial charge in [-0.1, -0.05) is 57.2 Å². The molecule has 0 radical (unpaired) electrons. The molecule has 3 aliphatic rings. The van der Waals surface area contributed by atoms with Gasteiger partial charge < -0.3 is 14.6 Å². The van der Waals surface area contributed by atoms with E-state index in [1.165, 1.54) is 16.7 Å². The maximum atomic E-state index is 13.9. The Bertz CT molecular complexity index is 1460. The average molecular weight is 615 g/mol. The SMILES string of the molecule is O=C(COc1ccccc1[C@@H]1c2sc(=O)[nH]c2S[C@H]2C(=O)N(c3ccc(Br)cc3)C(=O)[C@@H]12)N1CCCCC1. The van der Waals surface area contributed by atoms with Gasteiger partial charge in [0.05, 0.1) is 16.6 Å². The maximum Gasteiger partial charge on any atom is 0.305 e. The van der Waals surface area contributed by atoms with E-state index in [4.69, 9.17) is 4.74 Å². The molecule has 0 saturated carbocycles. The summed E-state index contributed by atoms with van der Waals surface area (Å²) in [6.07, 6.45) is 3.11.